The number of aromatic nitrogens is 2. The lowest BCUT2D eigenvalue weighted by atomic mass is 10.3. The summed E-state index contributed by atoms with van der Waals surface area (Å²) >= 11 is 0. The van der Waals surface area contributed by atoms with Gasteiger partial charge in [-0.2, -0.15) is 0 Å². The fraction of sp³-hybridized carbons (Fsp3) is 0.125. The highest BCUT2D eigenvalue weighted by atomic mass is 16.5. The Labute approximate surface area is 64.1 Å². The largest absolute Gasteiger partial charge is 0.710 e. The van der Waals surface area contributed by atoms with E-state index in [4.69, 9.17) is 0 Å². The standard InChI is InChI=1S/C8H8N2O/c1-9-6-10(11)8-5-3-2-4-7(8)9/h2-6H,1H3. The van der Waals surface area contributed by atoms with Crippen LogP contribution in [0.15, 0.2) is 30.6 Å². The maximum Gasteiger partial charge on any atom is 0.247 e. The molecule has 0 atom stereocenters. The van der Waals surface area contributed by atoms with Gasteiger partial charge in [0, 0.05) is 0 Å². The summed E-state index contributed by atoms with van der Waals surface area (Å²) in [6, 6.07) is 7.51. The van der Waals surface area contributed by atoms with Gasteiger partial charge in [0.25, 0.3) is 0 Å². The van der Waals surface area contributed by atoms with Crippen molar-refractivity contribution in [3.8, 4) is 0 Å². The molecule has 2 rings (SSSR count). The predicted molar refractivity (Wildman–Crippen MR) is 41.9 cm³/mol. The van der Waals surface area contributed by atoms with Gasteiger partial charge in [0.15, 0.2) is 11.0 Å². The summed E-state index contributed by atoms with van der Waals surface area (Å²) < 4.78 is 2.68. The monoisotopic (exact) mass is 148 g/mol. The molecule has 2 aromatic rings. The fourth-order valence-electron chi connectivity index (χ4n) is 1.23. The van der Waals surface area contributed by atoms with Crippen molar-refractivity contribution in [1.29, 1.82) is 0 Å². The molecule has 0 bridgehead atoms. The van der Waals surface area contributed by atoms with Gasteiger partial charge < -0.3 is 5.21 Å². The summed E-state index contributed by atoms with van der Waals surface area (Å²) in [5.41, 5.74) is 1.68. The lowest BCUT2D eigenvalue weighted by molar-refractivity contribution is -0.577. The number of aryl methyl sites for hydroxylation is 1. The molecule has 3 heteroatoms. The molecule has 1 aromatic carbocycles. The van der Waals surface area contributed by atoms with Gasteiger partial charge in [-0.1, -0.05) is 12.1 Å². The van der Waals surface area contributed by atoms with Crippen molar-refractivity contribution in [2.45, 2.75) is 0 Å². The van der Waals surface area contributed by atoms with Gasteiger partial charge in [0.2, 0.25) is 6.33 Å². The normalized spacial score (nSPS) is 10.6. The van der Waals surface area contributed by atoms with Crippen molar-refractivity contribution in [2.24, 2.45) is 7.05 Å². The molecule has 0 aliphatic heterocycles. The maximum atomic E-state index is 11.1. The Bertz CT molecular complexity index is 356. The van der Waals surface area contributed by atoms with Gasteiger partial charge in [0.05, 0.1) is 7.05 Å². The number of nitrogens with zero attached hydrogens (tertiary/aromatic N) is 2. The van der Waals surface area contributed by atoms with Gasteiger partial charge in [-0.25, -0.2) is 9.30 Å². The Balaban J connectivity index is 2.95. The molecule has 0 saturated heterocycles. The first-order valence-electron chi connectivity index (χ1n) is 3.42. The predicted octanol–water partition coefficient (Wildman–Crippen LogP) is 0.812. The lowest BCUT2D eigenvalue weighted by Crippen LogP contribution is -2.22. The molecule has 56 valence electrons. The van der Waals surface area contributed by atoms with Crippen LogP contribution in [0.4, 0.5) is 0 Å². The van der Waals surface area contributed by atoms with Crippen molar-refractivity contribution >= 4 is 11.0 Å². The molecule has 0 unspecified atom stereocenters. The Hall–Kier alpha value is -1.51. The van der Waals surface area contributed by atoms with E-state index in [0.29, 0.717) is 0 Å². The quantitative estimate of drug-likeness (QED) is 0.402. The third-order valence-corrected chi connectivity index (χ3v) is 1.78. The topological polar surface area (TPSA) is 31.9 Å². The third kappa shape index (κ3) is 0.774. The zero-order valence-electron chi connectivity index (χ0n) is 6.19. The summed E-state index contributed by atoms with van der Waals surface area (Å²) in [5.74, 6) is 0. The van der Waals surface area contributed by atoms with Crippen molar-refractivity contribution in [1.82, 2.24) is 4.57 Å². The summed E-state index contributed by atoms with van der Waals surface area (Å²) in [5, 5.41) is 11.1. The van der Waals surface area contributed by atoms with E-state index in [2.05, 4.69) is 0 Å². The molecule has 0 radical (unpaired) electrons. The SMILES string of the molecule is Cn1c[n+]([O-])c2ccccc21. The molecule has 0 N–H and O–H groups in total. The van der Waals surface area contributed by atoms with Crippen LogP contribution in [0.25, 0.3) is 11.0 Å². The van der Waals surface area contributed by atoms with Crippen molar-refractivity contribution in [2.75, 3.05) is 0 Å². The third-order valence-electron chi connectivity index (χ3n) is 1.78. The minimum absolute atomic E-state index is 0.718. The van der Waals surface area contributed by atoms with Crippen LogP contribution in [0.5, 0.6) is 0 Å². The van der Waals surface area contributed by atoms with E-state index in [-0.39, 0.29) is 0 Å². The smallest absolute Gasteiger partial charge is 0.247 e. The molecule has 0 aliphatic rings. The van der Waals surface area contributed by atoms with Crippen LogP contribution < -0.4 is 4.73 Å². The van der Waals surface area contributed by atoms with Gasteiger partial charge in [-0.3, -0.25) is 0 Å². The van der Waals surface area contributed by atoms with E-state index in [1.54, 1.807) is 0 Å². The fourth-order valence-corrected chi connectivity index (χ4v) is 1.23. The second-order valence-electron chi connectivity index (χ2n) is 2.54. The lowest BCUT2D eigenvalue weighted by Gasteiger charge is -1.93. The maximum absolute atomic E-state index is 11.1. The summed E-state index contributed by atoms with van der Waals surface area (Å²) in [6.07, 6.45) is 1.52. The molecule has 1 aromatic heterocycles. The highest BCUT2D eigenvalue weighted by Crippen LogP contribution is 2.07. The molecule has 0 fully saturated rings. The number of hydrogen-bond donors (Lipinski definition) is 0. The Morgan fingerprint density at radius 2 is 2.09 bits per heavy atom. The Morgan fingerprint density at radius 1 is 1.36 bits per heavy atom. The van der Waals surface area contributed by atoms with Crippen LogP contribution in [-0.4, -0.2) is 4.57 Å². The van der Waals surface area contributed by atoms with Crippen LogP contribution in [0.1, 0.15) is 0 Å². The van der Waals surface area contributed by atoms with Crippen LogP contribution in [0, 0.1) is 5.21 Å². The van der Waals surface area contributed by atoms with E-state index < -0.39 is 0 Å². The van der Waals surface area contributed by atoms with Gasteiger partial charge in [0.1, 0.15) is 0 Å². The molecular weight excluding hydrogens is 140 g/mol. The number of benzene rings is 1. The summed E-state index contributed by atoms with van der Waals surface area (Å²) in [6.45, 7) is 0. The number of hydrogen-bond acceptors (Lipinski definition) is 1. The Kier molecular flexibility index (Phi) is 1.12. The van der Waals surface area contributed by atoms with Gasteiger partial charge >= 0.3 is 0 Å². The molecule has 0 aliphatic carbocycles. The average Bonchev–Trinajstić information content (AvgIpc) is 2.30. The van der Waals surface area contributed by atoms with Crippen molar-refractivity contribution in [3.63, 3.8) is 0 Å². The first-order valence-corrected chi connectivity index (χ1v) is 3.42. The van der Waals surface area contributed by atoms with Crippen LogP contribution in [0.3, 0.4) is 0 Å². The highest BCUT2D eigenvalue weighted by molar-refractivity contribution is 5.71. The summed E-state index contributed by atoms with van der Waals surface area (Å²) in [4.78, 5) is 0. The zero-order chi connectivity index (χ0) is 7.84. The van der Waals surface area contributed by atoms with E-state index in [1.165, 1.54) is 6.33 Å². The van der Waals surface area contributed by atoms with Gasteiger partial charge in [-0.05, 0) is 12.1 Å². The van der Waals surface area contributed by atoms with E-state index in [9.17, 15) is 5.21 Å². The first kappa shape index (κ1) is 6.22. The minimum atomic E-state index is 0.718. The molecule has 0 saturated carbocycles. The van der Waals surface area contributed by atoms with Crippen molar-refractivity contribution in [3.05, 3.63) is 35.8 Å². The minimum Gasteiger partial charge on any atom is -0.710 e. The van der Waals surface area contributed by atoms with Gasteiger partial charge in [-0.15, -0.1) is 0 Å². The second-order valence-corrected chi connectivity index (χ2v) is 2.54. The highest BCUT2D eigenvalue weighted by Gasteiger charge is 2.05. The number of rotatable bonds is 0. The molecule has 11 heavy (non-hydrogen) atoms. The molecule has 0 amide bonds. The average molecular weight is 148 g/mol. The molecule has 0 spiro atoms. The van der Waals surface area contributed by atoms with Crippen molar-refractivity contribution < 1.29 is 4.73 Å². The van der Waals surface area contributed by atoms with Crippen LogP contribution in [-0.2, 0) is 7.05 Å². The number of fused-ring (bicyclic) bond motifs is 1. The second kappa shape index (κ2) is 1.99. The summed E-state index contributed by atoms with van der Waals surface area (Å²) in [7, 11) is 1.86. The zero-order valence-corrected chi connectivity index (χ0v) is 6.19. The number of para-hydroxylation sites is 2. The van der Waals surface area contributed by atoms with Crippen LogP contribution in [0.2, 0.25) is 0 Å². The van der Waals surface area contributed by atoms with E-state index in [0.717, 1.165) is 15.8 Å². The molecular formula is C8H8N2O. The molecule has 1 heterocycles. The van der Waals surface area contributed by atoms with E-state index >= 15 is 0 Å². The Morgan fingerprint density at radius 3 is 2.82 bits per heavy atom. The van der Waals surface area contributed by atoms with Crippen LogP contribution >= 0.6 is 0 Å². The molecule has 3 nitrogen and oxygen atoms in total. The number of imidazole rings is 1. The first-order chi connectivity index (χ1) is 5.29. The van der Waals surface area contributed by atoms with E-state index in [1.807, 2.05) is 35.9 Å².